The number of anilines is 2. The topological polar surface area (TPSA) is 80.7 Å². The molecular formula is C31H32ClN5O3S. The van der Waals surface area contributed by atoms with E-state index < -0.39 is 0 Å². The van der Waals surface area contributed by atoms with Gasteiger partial charge in [0, 0.05) is 40.8 Å². The van der Waals surface area contributed by atoms with Crippen LogP contribution in [0.25, 0.3) is 5.69 Å². The van der Waals surface area contributed by atoms with Crippen molar-refractivity contribution in [3.63, 3.8) is 0 Å². The highest BCUT2D eigenvalue weighted by molar-refractivity contribution is 7.80. The zero-order valence-electron chi connectivity index (χ0n) is 23.6. The highest BCUT2D eigenvalue weighted by Crippen LogP contribution is 2.45. The molecule has 0 bridgehead atoms. The molecule has 41 heavy (non-hydrogen) atoms. The van der Waals surface area contributed by atoms with Gasteiger partial charge in [-0.25, -0.2) is 0 Å². The normalized spacial score (nSPS) is 16.4. The van der Waals surface area contributed by atoms with Crippen molar-refractivity contribution in [3.05, 3.63) is 94.5 Å². The van der Waals surface area contributed by atoms with Gasteiger partial charge in [0.25, 0.3) is 0 Å². The summed E-state index contributed by atoms with van der Waals surface area (Å²) in [5, 5.41) is 7.60. The predicted molar refractivity (Wildman–Crippen MR) is 167 cm³/mol. The van der Waals surface area contributed by atoms with E-state index in [1.807, 2.05) is 61.5 Å². The SMILES string of the molecule is CCC(=O)Nc1ccc(N2C(=S)N[C@@H](c3ccccn3)[C@@H]2c2cc(C)n(-c3cc(Cl)ccc3OC)c2C)cc1OC. The number of benzene rings is 2. The van der Waals surface area contributed by atoms with Crippen molar-refractivity contribution in [2.45, 2.75) is 39.3 Å². The van der Waals surface area contributed by atoms with E-state index in [0.29, 0.717) is 28.0 Å². The van der Waals surface area contributed by atoms with Crippen LogP contribution in [0.4, 0.5) is 11.4 Å². The lowest BCUT2D eigenvalue weighted by Gasteiger charge is -2.29. The summed E-state index contributed by atoms with van der Waals surface area (Å²) in [4.78, 5) is 18.9. The van der Waals surface area contributed by atoms with Gasteiger partial charge in [0.1, 0.15) is 11.5 Å². The van der Waals surface area contributed by atoms with E-state index >= 15 is 0 Å². The first-order valence-corrected chi connectivity index (χ1v) is 14.1. The fraction of sp³-hybridized carbons (Fsp3) is 0.258. The van der Waals surface area contributed by atoms with E-state index in [0.717, 1.165) is 39.8 Å². The smallest absolute Gasteiger partial charge is 0.224 e. The first-order valence-electron chi connectivity index (χ1n) is 13.3. The minimum absolute atomic E-state index is 0.0913. The second-order valence-electron chi connectivity index (χ2n) is 9.76. The van der Waals surface area contributed by atoms with Crippen molar-refractivity contribution in [2.75, 3.05) is 24.4 Å². The molecule has 5 rings (SSSR count). The number of carbonyl (C=O) groups excluding carboxylic acids is 1. The molecule has 0 saturated carbocycles. The number of amides is 1. The van der Waals surface area contributed by atoms with Crippen molar-refractivity contribution < 1.29 is 14.3 Å². The first-order chi connectivity index (χ1) is 19.8. The summed E-state index contributed by atoms with van der Waals surface area (Å²) in [6, 6.07) is 18.8. The molecule has 1 fully saturated rings. The maximum atomic E-state index is 12.1. The molecular weight excluding hydrogens is 558 g/mol. The summed E-state index contributed by atoms with van der Waals surface area (Å²) in [6.45, 7) is 5.95. The summed E-state index contributed by atoms with van der Waals surface area (Å²) >= 11 is 12.4. The number of pyridine rings is 1. The minimum Gasteiger partial charge on any atom is -0.495 e. The number of ether oxygens (including phenoxy) is 2. The Kier molecular flexibility index (Phi) is 8.19. The average Bonchev–Trinajstić information content (AvgIpc) is 3.48. The van der Waals surface area contributed by atoms with Gasteiger partial charge in [-0.05, 0) is 80.2 Å². The third-order valence-electron chi connectivity index (χ3n) is 7.33. The number of aryl methyl sites for hydroxylation is 1. The fourth-order valence-corrected chi connectivity index (χ4v) is 5.93. The molecule has 8 nitrogen and oxygen atoms in total. The Hall–Kier alpha value is -4.08. The number of carbonyl (C=O) groups is 1. The summed E-state index contributed by atoms with van der Waals surface area (Å²) < 4.78 is 13.5. The van der Waals surface area contributed by atoms with Crippen LogP contribution in [-0.4, -0.2) is 34.8 Å². The monoisotopic (exact) mass is 589 g/mol. The van der Waals surface area contributed by atoms with Gasteiger partial charge < -0.3 is 29.6 Å². The van der Waals surface area contributed by atoms with Crippen LogP contribution in [0.15, 0.2) is 66.9 Å². The Labute approximate surface area is 250 Å². The van der Waals surface area contributed by atoms with Gasteiger partial charge in [0.05, 0.1) is 43.4 Å². The van der Waals surface area contributed by atoms with Gasteiger partial charge in [0.2, 0.25) is 5.91 Å². The van der Waals surface area contributed by atoms with Crippen LogP contribution in [0, 0.1) is 13.8 Å². The lowest BCUT2D eigenvalue weighted by atomic mass is 9.96. The number of thiocarbonyl (C=S) groups is 1. The second kappa shape index (κ2) is 11.8. The third kappa shape index (κ3) is 5.35. The number of aromatic nitrogens is 2. The predicted octanol–water partition coefficient (Wildman–Crippen LogP) is 6.69. The summed E-state index contributed by atoms with van der Waals surface area (Å²) in [5.74, 6) is 1.17. The number of halogens is 1. The molecule has 1 aliphatic heterocycles. The van der Waals surface area contributed by atoms with Gasteiger partial charge in [-0.3, -0.25) is 9.78 Å². The lowest BCUT2D eigenvalue weighted by Crippen LogP contribution is -2.29. The summed E-state index contributed by atoms with van der Waals surface area (Å²) in [5.41, 5.74) is 6.25. The molecule has 10 heteroatoms. The largest absolute Gasteiger partial charge is 0.495 e. The standard InChI is InChI=1S/C31H32ClN5O3S/c1-6-28(38)34-23-12-11-21(17-27(23)40-5)37-30(29(35-31(37)41)24-9-7-8-14-33-24)22-15-18(2)36(19(22)3)25-16-20(32)10-13-26(25)39-4/h7-17,29-30H,6H2,1-5H3,(H,34,38)(H,35,41)/t29-,30-/m0/s1. The second-order valence-corrected chi connectivity index (χ2v) is 10.6. The Bertz CT molecular complexity index is 1610. The molecule has 4 aromatic rings. The van der Waals surface area contributed by atoms with Crippen LogP contribution in [0.3, 0.4) is 0 Å². The zero-order valence-corrected chi connectivity index (χ0v) is 25.1. The quantitative estimate of drug-likeness (QED) is 0.222. The Morgan fingerprint density at radius 2 is 1.85 bits per heavy atom. The molecule has 212 valence electrons. The maximum absolute atomic E-state index is 12.1. The van der Waals surface area contributed by atoms with E-state index in [4.69, 9.17) is 33.3 Å². The van der Waals surface area contributed by atoms with Gasteiger partial charge in [0.15, 0.2) is 5.11 Å². The molecule has 3 heterocycles. The number of hydrogen-bond donors (Lipinski definition) is 2. The average molecular weight is 590 g/mol. The van der Waals surface area contributed by atoms with Gasteiger partial charge in [-0.1, -0.05) is 24.6 Å². The summed E-state index contributed by atoms with van der Waals surface area (Å²) in [7, 11) is 3.24. The van der Waals surface area contributed by atoms with Crippen LogP contribution in [-0.2, 0) is 4.79 Å². The number of nitrogens with zero attached hydrogens (tertiary/aromatic N) is 3. The van der Waals surface area contributed by atoms with E-state index in [2.05, 4.69) is 45.0 Å². The molecule has 0 spiro atoms. The number of methoxy groups -OCH3 is 2. The lowest BCUT2D eigenvalue weighted by molar-refractivity contribution is -0.115. The van der Waals surface area contributed by atoms with Crippen molar-refractivity contribution in [3.8, 4) is 17.2 Å². The van der Waals surface area contributed by atoms with E-state index in [-0.39, 0.29) is 18.0 Å². The molecule has 1 aliphatic rings. The third-order valence-corrected chi connectivity index (χ3v) is 7.88. The van der Waals surface area contributed by atoms with E-state index in [1.54, 1.807) is 20.4 Å². The molecule has 1 saturated heterocycles. The maximum Gasteiger partial charge on any atom is 0.224 e. The van der Waals surface area contributed by atoms with Crippen LogP contribution in [0.1, 0.15) is 48.1 Å². The Balaban J connectivity index is 1.67. The van der Waals surface area contributed by atoms with Gasteiger partial charge >= 0.3 is 0 Å². The molecule has 0 unspecified atom stereocenters. The minimum atomic E-state index is -0.247. The summed E-state index contributed by atoms with van der Waals surface area (Å²) in [6.07, 6.45) is 2.15. The molecule has 2 aromatic heterocycles. The Morgan fingerprint density at radius 3 is 2.54 bits per heavy atom. The molecule has 2 atom stereocenters. The van der Waals surface area contributed by atoms with E-state index in [1.165, 1.54) is 0 Å². The Morgan fingerprint density at radius 1 is 1.07 bits per heavy atom. The molecule has 0 aliphatic carbocycles. The van der Waals surface area contributed by atoms with Crippen molar-refractivity contribution in [2.24, 2.45) is 0 Å². The van der Waals surface area contributed by atoms with Crippen molar-refractivity contribution >= 4 is 46.2 Å². The highest BCUT2D eigenvalue weighted by atomic mass is 35.5. The van der Waals surface area contributed by atoms with E-state index in [9.17, 15) is 4.79 Å². The highest BCUT2D eigenvalue weighted by Gasteiger charge is 2.42. The number of rotatable bonds is 8. The first kappa shape index (κ1) is 28.4. The van der Waals surface area contributed by atoms with Gasteiger partial charge in [-0.15, -0.1) is 0 Å². The van der Waals surface area contributed by atoms with Crippen LogP contribution >= 0.6 is 23.8 Å². The van der Waals surface area contributed by atoms with Crippen LogP contribution in [0.5, 0.6) is 11.5 Å². The molecule has 2 N–H and O–H groups in total. The number of nitrogens with one attached hydrogen (secondary N) is 2. The molecule has 1 amide bonds. The van der Waals surface area contributed by atoms with Crippen LogP contribution < -0.4 is 25.0 Å². The zero-order chi connectivity index (χ0) is 29.3. The molecule has 0 radical (unpaired) electrons. The van der Waals surface area contributed by atoms with Crippen molar-refractivity contribution in [1.29, 1.82) is 0 Å². The number of hydrogen-bond acceptors (Lipinski definition) is 5. The van der Waals surface area contributed by atoms with Crippen LogP contribution in [0.2, 0.25) is 5.02 Å². The van der Waals surface area contributed by atoms with Gasteiger partial charge in [-0.2, -0.15) is 0 Å². The fourth-order valence-electron chi connectivity index (χ4n) is 5.42. The van der Waals surface area contributed by atoms with Crippen molar-refractivity contribution in [1.82, 2.24) is 14.9 Å². The molecule has 2 aromatic carbocycles.